The highest BCUT2D eigenvalue weighted by molar-refractivity contribution is 7.99. The van der Waals surface area contributed by atoms with E-state index in [4.69, 9.17) is 9.47 Å². The first-order valence-corrected chi connectivity index (χ1v) is 10.8. The maximum atomic E-state index is 13.1. The van der Waals surface area contributed by atoms with Crippen molar-refractivity contribution in [3.63, 3.8) is 0 Å². The van der Waals surface area contributed by atoms with E-state index in [0.29, 0.717) is 39.5 Å². The van der Waals surface area contributed by atoms with Crippen LogP contribution < -0.4 is 10.3 Å². The lowest BCUT2D eigenvalue weighted by Crippen LogP contribution is -2.26. The van der Waals surface area contributed by atoms with Crippen molar-refractivity contribution in [3.8, 4) is 5.75 Å². The fourth-order valence-corrected chi connectivity index (χ4v) is 4.06. The highest BCUT2D eigenvalue weighted by Gasteiger charge is 2.18. The fraction of sp³-hybridized carbons (Fsp3) is 0.304. The Labute approximate surface area is 184 Å². The van der Waals surface area contributed by atoms with Crippen molar-refractivity contribution in [3.05, 3.63) is 63.9 Å². The van der Waals surface area contributed by atoms with E-state index in [9.17, 15) is 14.4 Å². The number of carbonyl (C=O) groups is 2. The minimum absolute atomic E-state index is 0.0904. The summed E-state index contributed by atoms with van der Waals surface area (Å²) in [4.78, 5) is 42.4. The number of nitrogens with zero attached hydrogens (tertiary/aromatic N) is 2. The maximum absolute atomic E-state index is 13.1. The van der Waals surface area contributed by atoms with Crippen LogP contribution in [0.25, 0.3) is 10.9 Å². The average Bonchev–Trinajstić information content (AvgIpc) is 2.78. The summed E-state index contributed by atoms with van der Waals surface area (Å²) in [6.45, 7) is 4.47. The Balaban J connectivity index is 2.01. The average molecular weight is 441 g/mol. The van der Waals surface area contributed by atoms with Gasteiger partial charge in [0.2, 0.25) is 0 Å². The number of ketones is 1. The third-order valence-corrected chi connectivity index (χ3v) is 5.61. The van der Waals surface area contributed by atoms with Crippen LogP contribution in [0.3, 0.4) is 0 Å². The lowest BCUT2D eigenvalue weighted by atomic mass is 10.1. The van der Waals surface area contributed by atoms with Gasteiger partial charge in [0.1, 0.15) is 5.75 Å². The molecule has 0 aliphatic rings. The Morgan fingerprint density at radius 2 is 1.87 bits per heavy atom. The number of para-hydroxylation sites is 1. The molecule has 3 rings (SSSR count). The number of thioether (sulfide) groups is 1. The molecule has 0 bridgehead atoms. The second kappa shape index (κ2) is 9.78. The standard InChI is InChI=1S/C23H24N2O5S/c1-14(2)12-25-21(27)16-10-9-15(22(28)30-4)11-18(16)24-23(25)31-13-19(26)17-7-5-6-8-20(17)29-3/h5-11,14H,12-13H2,1-4H3. The molecule has 3 aromatic rings. The number of ether oxygens (including phenoxy) is 2. The lowest BCUT2D eigenvalue weighted by molar-refractivity contribution is 0.0600. The van der Waals surface area contributed by atoms with Crippen molar-refractivity contribution in [1.29, 1.82) is 0 Å². The molecular formula is C23H24N2O5S. The molecule has 8 heteroatoms. The number of hydrogen-bond acceptors (Lipinski definition) is 7. The van der Waals surface area contributed by atoms with E-state index in [1.807, 2.05) is 13.8 Å². The Hall–Kier alpha value is -3.13. The van der Waals surface area contributed by atoms with Crippen LogP contribution in [-0.4, -0.2) is 41.3 Å². The highest BCUT2D eigenvalue weighted by Crippen LogP contribution is 2.24. The number of esters is 1. The molecule has 0 aliphatic heterocycles. The second-order valence-corrected chi connectivity index (χ2v) is 8.28. The van der Waals surface area contributed by atoms with Gasteiger partial charge in [-0.3, -0.25) is 14.2 Å². The van der Waals surface area contributed by atoms with Crippen LogP contribution in [0.1, 0.15) is 34.6 Å². The molecular weight excluding hydrogens is 416 g/mol. The summed E-state index contributed by atoms with van der Waals surface area (Å²) in [5.41, 5.74) is 0.969. The zero-order valence-electron chi connectivity index (χ0n) is 17.9. The molecule has 7 nitrogen and oxygen atoms in total. The number of fused-ring (bicyclic) bond motifs is 1. The van der Waals surface area contributed by atoms with Gasteiger partial charge in [0.05, 0.1) is 42.0 Å². The number of rotatable bonds is 8. The van der Waals surface area contributed by atoms with Gasteiger partial charge in [-0.05, 0) is 36.2 Å². The number of carbonyl (C=O) groups excluding carboxylic acids is 2. The number of benzene rings is 2. The minimum atomic E-state index is -0.504. The first-order chi connectivity index (χ1) is 14.8. The molecule has 0 atom stereocenters. The second-order valence-electron chi connectivity index (χ2n) is 7.34. The molecule has 0 fully saturated rings. The number of aromatic nitrogens is 2. The summed E-state index contributed by atoms with van der Waals surface area (Å²) in [6, 6.07) is 11.7. The first kappa shape index (κ1) is 22.6. The van der Waals surface area contributed by atoms with Gasteiger partial charge in [-0.15, -0.1) is 0 Å². The summed E-state index contributed by atoms with van der Waals surface area (Å²) in [5.74, 6) is 0.164. The molecule has 0 unspecified atom stereocenters. The van der Waals surface area contributed by atoms with Gasteiger partial charge in [-0.1, -0.05) is 37.7 Å². The van der Waals surface area contributed by atoms with Crippen molar-refractivity contribution < 1.29 is 19.1 Å². The van der Waals surface area contributed by atoms with Crippen molar-refractivity contribution in [2.24, 2.45) is 5.92 Å². The van der Waals surface area contributed by atoms with Gasteiger partial charge in [-0.2, -0.15) is 0 Å². The monoisotopic (exact) mass is 440 g/mol. The fourth-order valence-electron chi connectivity index (χ4n) is 3.16. The van der Waals surface area contributed by atoms with Crippen molar-refractivity contribution in [2.75, 3.05) is 20.0 Å². The summed E-state index contributed by atoms with van der Waals surface area (Å²) in [7, 11) is 2.81. The van der Waals surface area contributed by atoms with Crippen LogP contribution in [0.15, 0.2) is 52.4 Å². The first-order valence-electron chi connectivity index (χ1n) is 9.77. The van der Waals surface area contributed by atoms with Crippen LogP contribution in [0, 0.1) is 5.92 Å². The van der Waals surface area contributed by atoms with E-state index < -0.39 is 5.97 Å². The largest absolute Gasteiger partial charge is 0.496 e. The van der Waals surface area contributed by atoms with E-state index in [1.165, 1.54) is 32.0 Å². The van der Waals surface area contributed by atoms with Gasteiger partial charge in [0.15, 0.2) is 10.9 Å². The molecule has 31 heavy (non-hydrogen) atoms. The topological polar surface area (TPSA) is 87.5 Å². The van der Waals surface area contributed by atoms with Crippen molar-refractivity contribution >= 4 is 34.4 Å². The quantitative estimate of drug-likeness (QED) is 0.228. The predicted molar refractivity (Wildman–Crippen MR) is 120 cm³/mol. The molecule has 0 amide bonds. The third kappa shape index (κ3) is 4.96. The zero-order chi connectivity index (χ0) is 22.5. The summed E-state index contributed by atoms with van der Waals surface area (Å²) in [6.07, 6.45) is 0. The van der Waals surface area contributed by atoms with Gasteiger partial charge in [0.25, 0.3) is 5.56 Å². The van der Waals surface area contributed by atoms with Crippen molar-refractivity contribution in [2.45, 2.75) is 25.5 Å². The molecule has 0 saturated carbocycles. The Morgan fingerprint density at radius 3 is 2.55 bits per heavy atom. The molecule has 0 spiro atoms. The van der Waals surface area contributed by atoms with Crippen LogP contribution >= 0.6 is 11.8 Å². The van der Waals surface area contributed by atoms with E-state index in [1.54, 1.807) is 41.0 Å². The van der Waals surface area contributed by atoms with E-state index in [0.717, 1.165) is 0 Å². The molecule has 1 aromatic heterocycles. The number of Topliss-reactive ketones (excluding diaryl/α,β-unsaturated/α-hetero) is 1. The molecule has 0 aliphatic carbocycles. The summed E-state index contributed by atoms with van der Waals surface area (Å²) < 4.78 is 11.6. The maximum Gasteiger partial charge on any atom is 0.337 e. The molecule has 2 aromatic carbocycles. The molecule has 162 valence electrons. The molecule has 0 saturated heterocycles. The molecule has 0 radical (unpaired) electrons. The highest BCUT2D eigenvalue weighted by atomic mass is 32.2. The Morgan fingerprint density at radius 1 is 1.13 bits per heavy atom. The zero-order valence-corrected chi connectivity index (χ0v) is 18.7. The van der Waals surface area contributed by atoms with Crippen LogP contribution in [0.2, 0.25) is 0 Å². The smallest absolute Gasteiger partial charge is 0.337 e. The van der Waals surface area contributed by atoms with E-state index >= 15 is 0 Å². The Bertz CT molecular complexity index is 1190. The number of hydrogen-bond donors (Lipinski definition) is 0. The normalized spacial score (nSPS) is 11.0. The third-order valence-electron chi connectivity index (χ3n) is 4.63. The lowest BCUT2D eigenvalue weighted by Gasteiger charge is -2.15. The van der Waals surface area contributed by atoms with Crippen LogP contribution in [0.5, 0.6) is 5.75 Å². The Kier molecular flexibility index (Phi) is 7.12. The summed E-state index contributed by atoms with van der Waals surface area (Å²) in [5, 5.41) is 0.838. The van der Waals surface area contributed by atoms with Gasteiger partial charge in [-0.25, -0.2) is 9.78 Å². The van der Waals surface area contributed by atoms with Gasteiger partial charge >= 0.3 is 5.97 Å². The van der Waals surface area contributed by atoms with Gasteiger partial charge in [0, 0.05) is 6.54 Å². The van der Waals surface area contributed by atoms with E-state index in [2.05, 4.69) is 4.98 Å². The predicted octanol–water partition coefficient (Wildman–Crippen LogP) is 3.82. The van der Waals surface area contributed by atoms with Gasteiger partial charge < -0.3 is 9.47 Å². The van der Waals surface area contributed by atoms with Crippen LogP contribution in [-0.2, 0) is 11.3 Å². The van der Waals surface area contributed by atoms with Crippen LogP contribution in [0.4, 0.5) is 0 Å². The van der Waals surface area contributed by atoms with Crippen molar-refractivity contribution in [1.82, 2.24) is 9.55 Å². The van der Waals surface area contributed by atoms with E-state index in [-0.39, 0.29) is 23.0 Å². The molecule has 1 heterocycles. The number of methoxy groups -OCH3 is 2. The minimum Gasteiger partial charge on any atom is -0.496 e. The summed E-state index contributed by atoms with van der Waals surface area (Å²) >= 11 is 1.19. The SMILES string of the molecule is COC(=O)c1ccc2c(=O)n(CC(C)C)c(SCC(=O)c3ccccc3OC)nc2c1. The molecule has 0 N–H and O–H groups in total.